The van der Waals surface area contributed by atoms with E-state index in [2.05, 4.69) is 15.8 Å². The average molecular weight is 435 g/mol. The van der Waals surface area contributed by atoms with Crippen LogP contribution < -0.4 is 20.2 Å². The summed E-state index contributed by atoms with van der Waals surface area (Å²) in [7, 11) is 2.98. The number of carbonyl (C=O) groups is 2. The lowest BCUT2D eigenvalue weighted by Crippen LogP contribution is -2.21. The number of nitrogens with one attached hydrogen (secondary N) is 2. The second-order valence-corrected chi connectivity index (χ2v) is 6.83. The van der Waals surface area contributed by atoms with Crippen molar-refractivity contribution in [1.29, 1.82) is 0 Å². The number of carbonyl (C=O) groups excluding carboxylic acids is 2. The lowest BCUT2D eigenvalue weighted by Gasteiger charge is -2.13. The highest BCUT2D eigenvalue weighted by molar-refractivity contribution is 6.09. The van der Waals surface area contributed by atoms with E-state index in [1.807, 2.05) is 6.92 Å². The summed E-state index contributed by atoms with van der Waals surface area (Å²) in [6.07, 6.45) is 1.33. The fraction of sp³-hybridized carbons (Fsp3) is 0.125. The predicted molar refractivity (Wildman–Crippen MR) is 120 cm³/mol. The number of amides is 2. The van der Waals surface area contributed by atoms with E-state index in [-0.39, 0.29) is 5.56 Å². The van der Waals surface area contributed by atoms with Crippen molar-refractivity contribution in [3.05, 3.63) is 88.7 Å². The maximum atomic E-state index is 13.3. The topological polar surface area (TPSA) is 89.0 Å². The monoisotopic (exact) mass is 435 g/mol. The second-order valence-electron chi connectivity index (χ2n) is 6.83. The van der Waals surface area contributed by atoms with Crippen molar-refractivity contribution in [1.82, 2.24) is 5.43 Å². The van der Waals surface area contributed by atoms with E-state index in [9.17, 15) is 14.0 Å². The largest absolute Gasteiger partial charge is 0.493 e. The summed E-state index contributed by atoms with van der Waals surface area (Å²) < 4.78 is 23.7. The van der Waals surface area contributed by atoms with Crippen molar-refractivity contribution in [3.63, 3.8) is 0 Å². The molecule has 3 aromatic rings. The Bertz CT molecular complexity index is 1180. The maximum Gasteiger partial charge on any atom is 0.273 e. The Morgan fingerprint density at radius 1 is 0.938 bits per heavy atom. The molecule has 8 heteroatoms. The molecule has 3 aromatic carbocycles. The van der Waals surface area contributed by atoms with Gasteiger partial charge in [-0.05, 0) is 55.0 Å². The number of aryl methyl sites for hydroxylation is 1. The van der Waals surface area contributed by atoms with Crippen LogP contribution in [0.4, 0.5) is 10.1 Å². The van der Waals surface area contributed by atoms with Crippen molar-refractivity contribution >= 4 is 23.7 Å². The van der Waals surface area contributed by atoms with Gasteiger partial charge in [-0.1, -0.05) is 23.8 Å². The predicted octanol–water partition coefficient (Wildman–Crippen LogP) is 4.17. The van der Waals surface area contributed by atoms with E-state index < -0.39 is 17.6 Å². The summed E-state index contributed by atoms with van der Waals surface area (Å²) >= 11 is 0. The fourth-order valence-corrected chi connectivity index (χ4v) is 2.94. The van der Waals surface area contributed by atoms with Crippen LogP contribution >= 0.6 is 0 Å². The smallest absolute Gasteiger partial charge is 0.273 e. The number of ether oxygens (including phenoxy) is 2. The number of rotatable bonds is 7. The van der Waals surface area contributed by atoms with E-state index >= 15 is 0 Å². The zero-order valence-electron chi connectivity index (χ0n) is 17.8. The summed E-state index contributed by atoms with van der Waals surface area (Å²) in [5.74, 6) is -0.445. The number of halogens is 1. The van der Waals surface area contributed by atoms with Crippen LogP contribution in [0.3, 0.4) is 0 Å². The minimum Gasteiger partial charge on any atom is -0.493 e. The normalized spacial score (nSPS) is 10.6. The number of hydrazone groups is 1. The van der Waals surface area contributed by atoms with Gasteiger partial charge in [-0.25, -0.2) is 9.82 Å². The first-order valence-electron chi connectivity index (χ1n) is 9.64. The number of nitrogens with zero attached hydrogens (tertiary/aromatic N) is 1. The first-order valence-corrected chi connectivity index (χ1v) is 9.64. The van der Waals surface area contributed by atoms with Gasteiger partial charge >= 0.3 is 0 Å². The van der Waals surface area contributed by atoms with Crippen LogP contribution in [0.15, 0.2) is 65.8 Å². The SMILES string of the molecule is COc1ccc(C(=O)Nc2ccc(C)cc2C(=O)NN=Cc2cccc(F)c2)cc1OC. The standard InChI is InChI=1S/C24H22FN3O4/c1-15-7-9-20(27-23(29)17-8-10-21(31-2)22(13-17)32-3)19(11-15)24(30)28-26-14-16-5-4-6-18(25)12-16/h4-14H,1-3H3,(H,27,29)(H,28,30). The van der Waals surface area contributed by atoms with Gasteiger partial charge in [0.05, 0.1) is 31.7 Å². The highest BCUT2D eigenvalue weighted by atomic mass is 19.1. The van der Waals surface area contributed by atoms with Crippen LogP contribution in [0, 0.1) is 12.7 Å². The molecule has 2 N–H and O–H groups in total. The van der Waals surface area contributed by atoms with Crippen LogP contribution in [0.1, 0.15) is 31.8 Å². The van der Waals surface area contributed by atoms with E-state index in [0.717, 1.165) is 5.56 Å². The molecule has 0 spiro atoms. The molecule has 3 rings (SSSR count). The molecular weight excluding hydrogens is 413 g/mol. The van der Waals surface area contributed by atoms with Crippen molar-refractivity contribution in [2.75, 3.05) is 19.5 Å². The summed E-state index contributed by atoms with van der Waals surface area (Å²) in [6.45, 7) is 1.83. The van der Waals surface area contributed by atoms with Crippen molar-refractivity contribution in [2.45, 2.75) is 6.92 Å². The van der Waals surface area contributed by atoms with Gasteiger partial charge < -0.3 is 14.8 Å². The molecule has 7 nitrogen and oxygen atoms in total. The molecule has 164 valence electrons. The van der Waals surface area contributed by atoms with E-state index in [0.29, 0.717) is 28.3 Å². The van der Waals surface area contributed by atoms with E-state index in [1.54, 1.807) is 48.5 Å². The zero-order valence-corrected chi connectivity index (χ0v) is 17.8. The lowest BCUT2D eigenvalue weighted by molar-refractivity contribution is 0.0956. The minimum atomic E-state index is -0.524. The molecule has 0 radical (unpaired) electrons. The first kappa shape index (κ1) is 22.5. The Kier molecular flexibility index (Phi) is 7.17. The molecule has 2 amide bonds. The molecule has 0 bridgehead atoms. The molecule has 0 saturated carbocycles. The Labute approximate surface area is 184 Å². The molecule has 0 saturated heterocycles. The molecule has 0 aliphatic heterocycles. The van der Waals surface area contributed by atoms with E-state index in [1.165, 1.54) is 32.6 Å². The number of hydrogen-bond acceptors (Lipinski definition) is 5. The lowest BCUT2D eigenvalue weighted by atomic mass is 10.1. The molecule has 0 heterocycles. The number of methoxy groups -OCH3 is 2. The van der Waals surface area contributed by atoms with Crippen LogP contribution in [0.2, 0.25) is 0 Å². The summed E-state index contributed by atoms with van der Waals surface area (Å²) in [4.78, 5) is 25.5. The first-order chi connectivity index (χ1) is 15.4. The summed E-state index contributed by atoms with van der Waals surface area (Å²) in [5.41, 5.74) is 4.60. The third kappa shape index (κ3) is 5.48. The van der Waals surface area contributed by atoms with Crippen molar-refractivity contribution < 1.29 is 23.5 Å². The molecule has 0 atom stereocenters. The van der Waals surface area contributed by atoms with Crippen molar-refractivity contribution in [2.24, 2.45) is 5.10 Å². The molecule has 32 heavy (non-hydrogen) atoms. The Morgan fingerprint density at radius 3 is 2.44 bits per heavy atom. The minimum absolute atomic E-state index is 0.232. The third-order valence-electron chi connectivity index (χ3n) is 4.54. The molecule has 0 unspecified atom stereocenters. The zero-order chi connectivity index (χ0) is 23.1. The molecule has 0 aliphatic carbocycles. The van der Waals surface area contributed by atoms with Crippen molar-refractivity contribution in [3.8, 4) is 11.5 Å². The highest BCUT2D eigenvalue weighted by Gasteiger charge is 2.16. The number of anilines is 1. The van der Waals surface area contributed by atoms with Crippen LogP contribution in [0.5, 0.6) is 11.5 Å². The number of benzene rings is 3. The van der Waals surface area contributed by atoms with Gasteiger partial charge in [-0.2, -0.15) is 5.10 Å². The Balaban J connectivity index is 1.78. The Hall–Kier alpha value is -4.20. The van der Waals surface area contributed by atoms with Gasteiger partial charge in [-0.3, -0.25) is 9.59 Å². The van der Waals surface area contributed by atoms with Gasteiger partial charge in [0, 0.05) is 5.56 Å². The van der Waals surface area contributed by atoms with Crippen LogP contribution in [-0.4, -0.2) is 32.2 Å². The van der Waals surface area contributed by atoms with Gasteiger partial charge in [0.1, 0.15) is 5.82 Å². The molecule has 0 aromatic heterocycles. The van der Waals surface area contributed by atoms with Gasteiger partial charge in [0.15, 0.2) is 11.5 Å². The second kappa shape index (κ2) is 10.2. The maximum absolute atomic E-state index is 13.3. The average Bonchev–Trinajstić information content (AvgIpc) is 2.79. The third-order valence-corrected chi connectivity index (χ3v) is 4.54. The van der Waals surface area contributed by atoms with Crippen LogP contribution in [0.25, 0.3) is 0 Å². The highest BCUT2D eigenvalue weighted by Crippen LogP contribution is 2.28. The summed E-state index contributed by atoms with van der Waals surface area (Å²) in [6, 6.07) is 15.6. The Morgan fingerprint density at radius 2 is 1.72 bits per heavy atom. The van der Waals surface area contributed by atoms with Gasteiger partial charge in [0.25, 0.3) is 11.8 Å². The fourth-order valence-electron chi connectivity index (χ4n) is 2.94. The molecule has 0 fully saturated rings. The summed E-state index contributed by atoms with van der Waals surface area (Å²) in [5, 5.41) is 6.62. The molecule has 0 aliphatic rings. The molecular formula is C24H22FN3O4. The van der Waals surface area contributed by atoms with Crippen LogP contribution in [-0.2, 0) is 0 Å². The quantitative estimate of drug-likeness (QED) is 0.431. The van der Waals surface area contributed by atoms with Gasteiger partial charge in [0.2, 0.25) is 0 Å². The van der Waals surface area contributed by atoms with Gasteiger partial charge in [-0.15, -0.1) is 0 Å². The van der Waals surface area contributed by atoms with E-state index in [4.69, 9.17) is 9.47 Å². The number of hydrogen-bond donors (Lipinski definition) is 2.